The summed E-state index contributed by atoms with van der Waals surface area (Å²) in [7, 11) is 0. The van der Waals surface area contributed by atoms with E-state index in [1.807, 2.05) is 18.2 Å². The van der Waals surface area contributed by atoms with Crippen LogP contribution in [0.4, 0.5) is 10.1 Å². The minimum Gasteiger partial charge on any atom is -0.326 e. The van der Waals surface area contributed by atoms with Crippen molar-refractivity contribution in [2.75, 3.05) is 5.32 Å². The number of carbonyl (C=O) groups is 1. The number of nitrogens with two attached hydrogens (primary N) is 1. The van der Waals surface area contributed by atoms with E-state index in [1.165, 1.54) is 6.07 Å². The topological polar surface area (TPSA) is 55.1 Å². The Kier molecular flexibility index (Phi) is 3.31. The van der Waals surface area contributed by atoms with Gasteiger partial charge in [0, 0.05) is 15.7 Å². The lowest BCUT2D eigenvalue weighted by atomic mass is 9.97. The smallest absolute Gasteiger partial charge is 0.228 e. The molecule has 0 aromatic heterocycles. The number of anilines is 1. The molecule has 1 heterocycles. The zero-order chi connectivity index (χ0) is 14.3. The zero-order valence-corrected chi connectivity index (χ0v) is 12.1. The molecular weight excluding hydrogens is 323 g/mol. The van der Waals surface area contributed by atoms with Gasteiger partial charge in [0.25, 0.3) is 0 Å². The molecule has 2 aromatic rings. The summed E-state index contributed by atoms with van der Waals surface area (Å²) in [6, 6.07) is 9.68. The lowest BCUT2D eigenvalue weighted by Crippen LogP contribution is -2.14. The maximum Gasteiger partial charge on any atom is 0.228 e. The van der Waals surface area contributed by atoms with Crippen LogP contribution in [0.3, 0.4) is 0 Å². The molecule has 1 aliphatic heterocycles. The number of benzene rings is 2. The molecule has 0 aliphatic carbocycles. The highest BCUT2D eigenvalue weighted by atomic mass is 79.9. The Morgan fingerprint density at radius 2 is 2.10 bits per heavy atom. The summed E-state index contributed by atoms with van der Waals surface area (Å²) >= 11 is 3.33. The minimum atomic E-state index is -0.577. The highest BCUT2D eigenvalue weighted by Crippen LogP contribution is 2.32. The fourth-order valence-corrected chi connectivity index (χ4v) is 3.01. The van der Waals surface area contributed by atoms with Gasteiger partial charge in [0.2, 0.25) is 5.91 Å². The Balaban J connectivity index is 2.02. The summed E-state index contributed by atoms with van der Waals surface area (Å²) in [6.45, 7) is 0. The summed E-state index contributed by atoms with van der Waals surface area (Å²) in [5.41, 5.74) is 9.08. The quantitative estimate of drug-likeness (QED) is 0.886. The molecule has 0 fully saturated rings. The first-order valence-corrected chi connectivity index (χ1v) is 6.97. The van der Waals surface area contributed by atoms with Crippen LogP contribution < -0.4 is 11.1 Å². The molecule has 0 saturated heterocycles. The minimum absolute atomic E-state index is 0.0298. The van der Waals surface area contributed by atoms with Crippen LogP contribution in [0.25, 0.3) is 0 Å². The van der Waals surface area contributed by atoms with Crippen molar-refractivity contribution < 1.29 is 9.18 Å². The van der Waals surface area contributed by atoms with Crippen molar-refractivity contribution in [3.8, 4) is 0 Å². The first kappa shape index (κ1) is 13.3. The predicted molar refractivity (Wildman–Crippen MR) is 78.9 cm³/mol. The first-order valence-electron chi connectivity index (χ1n) is 6.18. The second-order valence-electron chi connectivity index (χ2n) is 4.75. The molecular formula is C15H12BrFN2O. The summed E-state index contributed by atoms with van der Waals surface area (Å²) in [6.07, 6.45) is 0.342. The van der Waals surface area contributed by atoms with Crippen LogP contribution in [-0.4, -0.2) is 5.91 Å². The van der Waals surface area contributed by atoms with E-state index in [-0.39, 0.29) is 11.7 Å². The second-order valence-corrected chi connectivity index (χ2v) is 5.61. The van der Waals surface area contributed by atoms with Gasteiger partial charge in [0.15, 0.2) is 0 Å². The number of hydrogen-bond donors (Lipinski definition) is 2. The Bertz CT molecular complexity index is 682. The molecule has 3 nitrogen and oxygen atoms in total. The van der Waals surface area contributed by atoms with Crippen LogP contribution in [0, 0.1) is 5.82 Å². The molecule has 0 radical (unpaired) electrons. The molecule has 102 valence electrons. The van der Waals surface area contributed by atoms with Crippen LogP contribution in [0.5, 0.6) is 0 Å². The van der Waals surface area contributed by atoms with Crippen molar-refractivity contribution in [3.05, 3.63) is 63.4 Å². The van der Waals surface area contributed by atoms with Gasteiger partial charge in [0.1, 0.15) is 5.82 Å². The van der Waals surface area contributed by atoms with E-state index in [0.717, 1.165) is 16.8 Å². The van der Waals surface area contributed by atoms with Crippen LogP contribution in [-0.2, 0) is 11.2 Å². The molecule has 5 heteroatoms. The summed E-state index contributed by atoms with van der Waals surface area (Å²) in [5.74, 6) is -0.376. The van der Waals surface area contributed by atoms with Crippen molar-refractivity contribution in [1.29, 1.82) is 0 Å². The normalized spacial score (nSPS) is 14.8. The van der Waals surface area contributed by atoms with Gasteiger partial charge in [-0.2, -0.15) is 0 Å². The van der Waals surface area contributed by atoms with Gasteiger partial charge in [-0.3, -0.25) is 4.79 Å². The Morgan fingerprint density at radius 3 is 2.85 bits per heavy atom. The fraction of sp³-hybridized carbons (Fsp3) is 0.133. The van der Waals surface area contributed by atoms with Crippen molar-refractivity contribution in [2.45, 2.75) is 12.5 Å². The van der Waals surface area contributed by atoms with Gasteiger partial charge in [0.05, 0.1) is 12.5 Å². The number of amides is 1. The fourth-order valence-electron chi connectivity index (χ4n) is 2.42. The molecule has 0 saturated carbocycles. The Morgan fingerprint density at radius 1 is 1.30 bits per heavy atom. The second kappa shape index (κ2) is 5.00. The van der Waals surface area contributed by atoms with E-state index in [0.29, 0.717) is 16.5 Å². The molecule has 3 N–H and O–H groups in total. The third-order valence-corrected chi connectivity index (χ3v) is 4.12. The average Bonchev–Trinajstić information content (AvgIpc) is 2.77. The maximum absolute atomic E-state index is 13.9. The monoisotopic (exact) mass is 334 g/mol. The van der Waals surface area contributed by atoms with Gasteiger partial charge in [-0.1, -0.05) is 34.1 Å². The van der Waals surface area contributed by atoms with Gasteiger partial charge < -0.3 is 11.1 Å². The molecule has 1 unspecified atom stereocenters. The molecule has 1 aliphatic rings. The zero-order valence-electron chi connectivity index (χ0n) is 10.5. The van der Waals surface area contributed by atoms with Crippen molar-refractivity contribution in [2.24, 2.45) is 5.73 Å². The van der Waals surface area contributed by atoms with E-state index < -0.39 is 6.04 Å². The molecule has 0 spiro atoms. The third kappa shape index (κ3) is 2.23. The molecule has 1 amide bonds. The van der Waals surface area contributed by atoms with Gasteiger partial charge in [-0.25, -0.2) is 4.39 Å². The van der Waals surface area contributed by atoms with Gasteiger partial charge in [-0.15, -0.1) is 0 Å². The summed E-state index contributed by atoms with van der Waals surface area (Å²) in [4.78, 5) is 11.3. The van der Waals surface area contributed by atoms with Crippen molar-refractivity contribution in [1.82, 2.24) is 0 Å². The van der Waals surface area contributed by atoms with E-state index in [4.69, 9.17) is 5.73 Å². The predicted octanol–water partition coefficient (Wildman–Crippen LogP) is 3.13. The average molecular weight is 335 g/mol. The lowest BCUT2D eigenvalue weighted by molar-refractivity contribution is -0.115. The van der Waals surface area contributed by atoms with Gasteiger partial charge >= 0.3 is 0 Å². The molecule has 3 rings (SSSR count). The summed E-state index contributed by atoms with van der Waals surface area (Å²) in [5, 5.41) is 2.76. The van der Waals surface area contributed by atoms with E-state index in [9.17, 15) is 9.18 Å². The maximum atomic E-state index is 13.9. The Hall–Kier alpha value is -1.72. The third-order valence-electron chi connectivity index (χ3n) is 3.42. The number of rotatable bonds is 2. The number of fused-ring (bicyclic) bond motifs is 1. The highest BCUT2D eigenvalue weighted by molar-refractivity contribution is 9.10. The van der Waals surface area contributed by atoms with E-state index >= 15 is 0 Å². The van der Waals surface area contributed by atoms with Crippen LogP contribution in [0.15, 0.2) is 40.9 Å². The highest BCUT2D eigenvalue weighted by Gasteiger charge is 2.21. The largest absolute Gasteiger partial charge is 0.326 e. The van der Waals surface area contributed by atoms with Crippen molar-refractivity contribution in [3.63, 3.8) is 0 Å². The van der Waals surface area contributed by atoms with Crippen molar-refractivity contribution >= 4 is 27.5 Å². The lowest BCUT2D eigenvalue weighted by Gasteiger charge is -2.16. The summed E-state index contributed by atoms with van der Waals surface area (Å²) < 4.78 is 14.6. The number of carbonyl (C=O) groups excluding carboxylic acids is 1. The first-order chi connectivity index (χ1) is 9.56. The van der Waals surface area contributed by atoms with Gasteiger partial charge in [-0.05, 0) is 29.3 Å². The van der Waals surface area contributed by atoms with E-state index in [1.54, 1.807) is 12.1 Å². The molecule has 20 heavy (non-hydrogen) atoms. The molecule has 1 atom stereocenters. The number of nitrogens with one attached hydrogen (secondary N) is 1. The van der Waals surface area contributed by atoms with Crippen LogP contribution >= 0.6 is 15.9 Å². The number of hydrogen-bond acceptors (Lipinski definition) is 2. The molecule has 0 bridgehead atoms. The molecule has 2 aromatic carbocycles. The van der Waals surface area contributed by atoms with Crippen LogP contribution in [0.2, 0.25) is 0 Å². The van der Waals surface area contributed by atoms with E-state index in [2.05, 4.69) is 21.2 Å². The SMILES string of the molecule is NC(c1ccc2c(c1)CC(=O)N2)c1c(F)cccc1Br. The van der Waals surface area contributed by atoms with Crippen LogP contribution in [0.1, 0.15) is 22.7 Å². The number of halogens is 2. The Labute approximate surface area is 124 Å². The standard InChI is InChI=1S/C15H12BrFN2O/c16-10-2-1-3-11(17)14(10)15(18)8-4-5-12-9(6-8)7-13(20)19-12/h1-6,15H,7,18H2,(H,19,20).